The number of aryl methyl sites for hydroxylation is 1. The quantitative estimate of drug-likeness (QED) is 0.532. The molecule has 0 spiro atoms. The summed E-state index contributed by atoms with van der Waals surface area (Å²) in [5, 5.41) is 6.82. The third kappa shape index (κ3) is 4.02. The molecule has 0 fully saturated rings. The molecule has 3 aromatic rings. The number of thiazole rings is 1. The Labute approximate surface area is 138 Å². The van der Waals surface area contributed by atoms with Gasteiger partial charge in [-0.25, -0.2) is 9.37 Å². The number of nitrogens with zero attached hydrogens (tertiary/aromatic N) is 2. The molecule has 1 aromatic heterocycles. The molecule has 1 N–H and O–H groups in total. The number of hydrazone groups is 1. The second-order valence-corrected chi connectivity index (χ2v) is 5.87. The summed E-state index contributed by atoms with van der Waals surface area (Å²) in [4.78, 5) is 4.44. The number of hydrogen-bond donors (Lipinski definition) is 1. The van der Waals surface area contributed by atoms with Crippen molar-refractivity contribution in [2.45, 2.75) is 13.3 Å². The Bertz CT molecular complexity index is 792. The van der Waals surface area contributed by atoms with Gasteiger partial charge in [0.2, 0.25) is 5.13 Å². The molecule has 2 aromatic carbocycles. The van der Waals surface area contributed by atoms with Gasteiger partial charge in [0, 0.05) is 10.9 Å². The molecule has 0 amide bonds. The molecule has 3 rings (SSSR count). The van der Waals surface area contributed by atoms with Gasteiger partial charge in [-0.15, -0.1) is 11.3 Å². The molecule has 0 saturated carbocycles. The standard InChI is InChI=1S/C18H16FN3S/c1-2-13-3-5-14(6-4-13)11-20-22-18-21-17(12-23-18)15-7-9-16(19)10-8-15/h3-12H,2H2,1H3,(H,21,22). The predicted octanol–water partition coefficient (Wildman–Crippen LogP) is 4.96. The number of anilines is 1. The van der Waals surface area contributed by atoms with Gasteiger partial charge in [0.1, 0.15) is 5.82 Å². The molecule has 3 nitrogen and oxygen atoms in total. The van der Waals surface area contributed by atoms with Crippen LogP contribution in [0, 0.1) is 5.82 Å². The summed E-state index contributed by atoms with van der Waals surface area (Å²) in [7, 11) is 0. The van der Waals surface area contributed by atoms with Gasteiger partial charge in [-0.1, -0.05) is 31.2 Å². The van der Waals surface area contributed by atoms with Crippen molar-refractivity contribution in [2.24, 2.45) is 5.10 Å². The molecule has 116 valence electrons. The fourth-order valence-corrected chi connectivity index (χ4v) is 2.75. The largest absolute Gasteiger partial charge is 0.253 e. The number of aromatic nitrogens is 1. The lowest BCUT2D eigenvalue weighted by Gasteiger charge is -1.98. The van der Waals surface area contributed by atoms with Crippen LogP contribution in [0.4, 0.5) is 9.52 Å². The van der Waals surface area contributed by atoms with Crippen molar-refractivity contribution in [3.63, 3.8) is 0 Å². The Kier molecular flexibility index (Phi) is 4.78. The molecule has 1 heterocycles. The molecule has 5 heteroatoms. The van der Waals surface area contributed by atoms with Crippen molar-refractivity contribution in [3.05, 3.63) is 70.9 Å². The van der Waals surface area contributed by atoms with E-state index in [4.69, 9.17) is 0 Å². The smallest absolute Gasteiger partial charge is 0.203 e. The zero-order chi connectivity index (χ0) is 16.1. The minimum Gasteiger partial charge on any atom is -0.253 e. The van der Waals surface area contributed by atoms with Crippen LogP contribution >= 0.6 is 11.3 Å². The van der Waals surface area contributed by atoms with Crippen LogP contribution in [0.2, 0.25) is 0 Å². The first-order valence-corrected chi connectivity index (χ1v) is 8.22. The summed E-state index contributed by atoms with van der Waals surface area (Å²) in [6.07, 6.45) is 2.79. The number of benzene rings is 2. The van der Waals surface area contributed by atoms with E-state index in [1.54, 1.807) is 18.3 Å². The van der Waals surface area contributed by atoms with Gasteiger partial charge < -0.3 is 0 Å². The fourth-order valence-electron chi connectivity index (χ4n) is 2.08. The summed E-state index contributed by atoms with van der Waals surface area (Å²) >= 11 is 1.46. The van der Waals surface area contributed by atoms with Crippen LogP contribution in [0.5, 0.6) is 0 Å². The molecule has 0 aliphatic carbocycles. The van der Waals surface area contributed by atoms with Gasteiger partial charge in [-0.3, -0.25) is 5.43 Å². The predicted molar refractivity (Wildman–Crippen MR) is 94.5 cm³/mol. The lowest BCUT2D eigenvalue weighted by atomic mass is 10.1. The molecular formula is C18H16FN3S. The summed E-state index contributed by atoms with van der Waals surface area (Å²) < 4.78 is 12.9. The van der Waals surface area contributed by atoms with Crippen molar-refractivity contribution in [3.8, 4) is 11.3 Å². The monoisotopic (exact) mass is 325 g/mol. The number of nitrogens with one attached hydrogen (secondary N) is 1. The minimum atomic E-state index is -0.249. The maximum Gasteiger partial charge on any atom is 0.203 e. The van der Waals surface area contributed by atoms with Gasteiger partial charge in [0.25, 0.3) is 0 Å². The zero-order valence-corrected chi connectivity index (χ0v) is 13.5. The summed E-state index contributed by atoms with van der Waals surface area (Å²) in [5.41, 5.74) is 6.95. The van der Waals surface area contributed by atoms with Crippen molar-refractivity contribution < 1.29 is 4.39 Å². The van der Waals surface area contributed by atoms with E-state index >= 15 is 0 Å². The summed E-state index contributed by atoms with van der Waals surface area (Å²) in [6.45, 7) is 2.13. The summed E-state index contributed by atoms with van der Waals surface area (Å²) in [6, 6.07) is 14.6. The van der Waals surface area contributed by atoms with Crippen LogP contribution in [-0.4, -0.2) is 11.2 Å². The maximum atomic E-state index is 12.9. The van der Waals surface area contributed by atoms with E-state index in [-0.39, 0.29) is 5.82 Å². The van der Waals surface area contributed by atoms with Crippen LogP contribution in [0.25, 0.3) is 11.3 Å². The maximum absolute atomic E-state index is 12.9. The molecule has 0 saturated heterocycles. The van der Waals surface area contributed by atoms with Crippen LogP contribution in [0.1, 0.15) is 18.1 Å². The van der Waals surface area contributed by atoms with Gasteiger partial charge in [0.05, 0.1) is 11.9 Å². The first-order valence-electron chi connectivity index (χ1n) is 7.34. The SMILES string of the molecule is CCc1ccc(C=NNc2nc(-c3ccc(F)cc3)cs2)cc1. The van der Waals surface area contributed by atoms with Gasteiger partial charge in [-0.2, -0.15) is 5.10 Å². The van der Waals surface area contributed by atoms with Crippen molar-refractivity contribution >= 4 is 22.7 Å². The summed E-state index contributed by atoms with van der Waals surface area (Å²) in [5.74, 6) is -0.249. The highest BCUT2D eigenvalue weighted by atomic mass is 32.1. The molecule has 0 radical (unpaired) electrons. The third-order valence-electron chi connectivity index (χ3n) is 3.41. The number of rotatable bonds is 5. The van der Waals surface area contributed by atoms with E-state index in [1.165, 1.54) is 29.0 Å². The van der Waals surface area contributed by atoms with Crippen LogP contribution in [0.3, 0.4) is 0 Å². The minimum absolute atomic E-state index is 0.249. The second-order valence-electron chi connectivity index (χ2n) is 5.01. The molecule has 23 heavy (non-hydrogen) atoms. The van der Waals surface area contributed by atoms with Crippen molar-refractivity contribution in [1.82, 2.24) is 4.98 Å². The van der Waals surface area contributed by atoms with E-state index in [1.807, 2.05) is 17.5 Å². The Morgan fingerprint density at radius 2 is 1.87 bits per heavy atom. The highest BCUT2D eigenvalue weighted by molar-refractivity contribution is 7.14. The van der Waals surface area contributed by atoms with Gasteiger partial charge >= 0.3 is 0 Å². The molecule has 0 bridgehead atoms. The molecule has 0 atom stereocenters. The Balaban J connectivity index is 1.64. The lowest BCUT2D eigenvalue weighted by molar-refractivity contribution is 0.628. The first kappa shape index (κ1) is 15.4. The van der Waals surface area contributed by atoms with Crippen LogP contribution in [0.15, 0.2) is 59.0 Å². The third-order valence-corrected chi connectivity index (χ3v) is 4.15. The van der Waals surface area contributed by atoms with E-state index in [0.29, 0.717) is 5.13 Å². The Morgan fingerprint density at radius 3 is 2.57 bits per heavy atom. The highest BCUT2D eigenvalue weighted by Crippen LogP contribution is 2.24. The molecule has 0 aliphatic rings. The molecular weight excluding hydrogens is 309 g/mol. The average Bonchev–Trinajstić information content (AvgIpc) is 3.05. The number of halogens is 1. The first-order chi connectivity index (χ1) is 11.2. The van der Waals surface area contributed by atoms with E-state index in [9.17, 15) is 4.39 Å². The molecule has 0 unspecified atom stereocenters. The number of hydrogen-bond acceptors (Lipinski definition) is 4. The van der Waals surface area contributed by atoms with Gasteiger partial charge in [-0.05, 0) is 41.8 Å². The van der Waals surface area contributed by atoms with Gasteiger partial charge in [0.15, 0.2) is 0 Å². The zero-order valence-electron chi connectivity index (χ0n) is 12.7. The fraction of sp³-hybridized carbons (Fsp3) is 0.111. The van der Waals surface area contributed by atoms with E-state index in [2.05, 4.69) is 34.6 Å². The van der Waals surface area contributed by atoms with E-state index in [0.717, 1.165) is 23.2 Å². The molecule has 0 aliphatic heterocycles. The van der Waals surface area contributed by atoms with Crippen molar-refractivity contribution in [2.75, 3.05) is 5.43 Å². The van der Waals surface area contributed by atoms with Crippen LogP contribution in [-0.2, 0) is 6.42 Å². The normalized spacial score (nSPS) is 11.0. The Hall–Kier alpha value is -2.53. The van der Waals surface area contributed by atoms with Crippen molar-refractivity contribution in [1.29, 1.82) is 0 Å². The Morgan fingerprint density at radius 1 is 1.13 bits per heavy atom. The average molecular weight is 325 g/mol. The van der Waals surface area contributed by atoms with Crippen LogP contribution < -0.4 is 5.43 Å². The van der Waals surface area contributed by atoms with E-state index < -0.39 is 0 Å². The topological polar surface area (TPSA) is 37.3 Å². The highest BCUT2D eigenvalue weighted by Gasteiger charge is 2.03. The second kappa shape index (κ2) is 7.15. The lowest BCUT2D eigenvalue weighted by Crippen LogP contribution is -1.90.